The summed E-state index contributed by atoms with van der Waals surface area (Å²) in [6.07, 6.45) is 4.79. The van der Waals surface area contributed by atoms with Crippen LogP contribution < -0.4 is 10.1 Å². The van der Waals surface area contributed by atoms with Gasteiger partial charge in [-0.15, -0.1) is 0 Å². The van der Waals surface area contributed by atoms with E-state index in [1.54, 1.807) is 0 Å². The lowest BCUT2D eigenvalue weighted by Crippen LogP contribution is -2.08. The van der Waals surface area contributed by atoms with Crippen molar-refractivity contribution in [2.45, 2.75) is 19.3 Å². The molecule has 0 aliphatic heterocycles. The van der Waals surface area contributed by atoms with Crippen LogP contribution in [0.1, 0.15) is 19.3 Å². The zero-order valence-electron chi connectivity index (χ0n) is 9.55. The molecule has 1 fully saturated rings. The molecule has 0 atom stereocenters. The summed E-state index contributed by atoms with van der Waals surface area (Å²) in [5.74, 6) is 0.978. The largest absolute Gasteiger partial charge is 0.476 e. The van der Waals surface area contributed by atoms with Crippen LogP contribution >= 0.6 is 0 Å². The number of hydrogen-bond acceptors (Lipinski definition) is 6. The predicted octanol–water partition coefficient (Wildman–Crippen LogP) is 1.61. The first-order valence-corrected chi connectivity index (χ1v) is 5.49. The van der Waals surface area contributed by atoms with Crippen molar-refractivity contribution in [1.29, 1.82) is 0 Å². The third-order valence-corrected chi connectivity index (χ3v) is 2.71. The van der Waals surface area contributed by atoms with Crippen LogP contribution in [0, 0.1) is 16.0 Å². The second kappa shape index (κ2) is 4.94. The molecule has 1 saturated carbocycles. The van der Waals surface area contributed by atoms with E-state index >= 15 is 0 Å². The molecule has 1 heterocycles. The summed E-state index contributed by atoms with van der Waals surface area (Å²) >= 11 is 0. The summed E-state index contributed by atoms with van der Waals surface area (Å²) in [6, 6.07) is 0. The van der Waals surface area contributed by atoms with E-state index in [9.17, 15) is 10.1 Å². The number of aromatic nitrogens is 2. The lowest BCUT2D eigenvalue weighted by molar-refractivity contribution is -0.385. The van der Waals surface area contributed by atoms with Gasteiger partial charge in [0.15, 0.2) is 0 Å². The number of nitrogens with zero attached hydrogens (tertiary/aromatic N) is 3. The van der Waals surface area contributed by atoms with Crippen molar-refractivity contribution in [3.63, 3.8) is 0 Å². The highest BCUT2D eigenvalue weighted by molar-refractivity contribution is 5.60. The Balaban J connectivity index is 2.09. The first kappa shape index (κ1) is 11.6. The molecule has 0 saturated heterocycles. The number of anilines is 1. The Labute approximate surface area is 98.4 Å². The first-order chi connectivity index (χ1) is 8.22. The summed E-state index contributed by atoms with van der Waals surface area (Å²) in [5.41, 5.74) is -0.203. The molecule has 0 radical (unpaired) electrons. The molecule has 2 rings (SSSR count). The van der Waals surface area contributed by atoms with E-state index in [-0.39, 0.29) is 17.4 Å². The van der Waals surface area contributed by atoms with Gasteiger partial charge in [-0.2, -0.15) is 4.98 Å². The molecule has 92 valence electrons. The van der Waals surface area contributed by atoms with E-state index in [1.807, 2.05) is 0 Å². The molecule has 0 bridgehead atoms. The first-order valence-electron chi connectivity index (χ1n) is 5.49. The molecular weight excluding hydrogens is 224 g/mol. The summed E-state index contributed by atoms with van der Waals surface area (Å²) < 4.78 is 4.85. The standard InChI is InChI=1S/C10H14N4O3/c1-17-10-8(14(15)16)9(12-6-13-10)11-5-4-7-2-3-7/h6-7H,2-5H2,1H3,(H,11,12,13). The molecule has 1 aliphatic rings. The highest BCUT2D eigenvalue weighted by atomic mass is 16.6. The van der Waals surface area contributed by atoms with Crippen molar-refractivity contribution in [3.05, 3.63) is 16.4 Å². The third-order valence-electron chi connectivity index (χ3n) is 2.71. The van der Waals surface area contributed by atoms with Gasteiger partial charge in [0.1, 0.15) is 6.33 Å². The highest BCUT2D eigenvalue weighted by Gasteiger charge is 2.25. The monoisotopic (exact) mass is 238 g/mol. The second-order valence-corrected chi connectivity index (χ2v) is 4.00. The van der Waals surface area contributed by atoms with Crippen molar-refractivity contribution < 1.29 is 9.66 Å². The fourth-order valence-electron chi connectivity index (χ4n) is 1.61. The van der Waals surface area contributed by atoms with Crippen LogP contribution in [-0.2, 0) is 0 Å². The molecule has 0 unspecified atom stereocenters. The van der Waals surface area contributed by atoms with Crippen molar-refractivity contribution in [2.24, 2.45) is 5.92 Å². The minimum Gasteiger partial charge on any atom is -0.476 e. The number of ether oxygens (including phenoxy) is 1. The maximum atomic E-state index is 10.9. The average Bonchev–Trinajstić information content (AvgIpc) is 3.12. The van der Waals surface area contributed by atoms with Crippen LogP contribution in [0.25, 0.3) is 0 Å². The zero-order chi connectivity index (χ0) is 12.3. The summed E-state index contributed by atoms with van der Waals surface area (Å²) in [5, 5.41) is 13.9. The van der Waals surface area contributed by atoms with Crippen molar-refractivity contribution in [2.75, 3.05) is 19.0 Å². The fourth-order valence-corrected chi connectivity index (χ4v) is 1.61. The van der Waals surface area contributed by atoms with E-state index < -0.39 is 4.92 Å². The topological polar surface area (TPSA) is 90.2 Å². The van der Waals surface area contributed by atoms with Crippen molar-refractivity contribution in [1.82, 2.24) is 9.97 Å². The van der Waals surface area contributed by atoms with Gasteiger partial charge in [0.05, 0.1) is 12.0 Å². The lowest BCUT2D eigenvalue weighted by atomic mass is 10.3. The Bertz CT molecular complexity index is 420. The van der Waals surface area contributed by atoms with Crippen molar-refractivity contribution in [3.8, 4) is 5.88 Å². The smallest absolute Gasteiger partial charge is 0.372 e. The number of nitro groups is 1. The fraction of sp³-hybridized carbons (Fsp3) is 0.600. The van der Waals surface area contributed by atoms with Gasteiger partial charge in [0.25, 0.3) is 5.88 Å². The Morgan fingerprint density at radius 3 is 2.94 bits per heavy atom. The van der Waals surface area contributed by atoms with Crippen LogP contribution in [-0.4, -0.2) is 28.5 Å². The predicted molar refractivity (Wildman–Crippen MR) is 61.1 cm³/mol. The third kappa shape index (κ3) is 2.80. The highest BCUT2D eigenvalue weighted by Crippen LogP contribution is 2.33. The molecule has 1 aromatic rings. The normalized spacial score (nSPS) is 14.4. The van der Waals surface area contributed by atoms with Crippen LogP contribution in [0.4, 0.5) is 11.5 Å². The van der Waals surface area contributed by atoms with E-state index in [0.717, 1.165) is 12.3 Å². The molecule has 1 aromatic heterocycles. The van der Waals surface area contributed by atoms with Gasteiger partial charge in [0, 0.05) is 6.54 Å². The quantitative estimate of drug-likeness (QED) is 0.598. The van der Waals surface area contributed by atoms with E-state index in [2.05, 4.69) is 15.3 Å². The SMILES string of the molecule is COc1ncnc(NCCC2CC2)c1[N+](=O)[O-]. The van der Waals surface area contributed by atoms with E-state index in [1.165, 1.54) is 26.3 Å². The molecule has 7 nitrogen and oxygen atoms in total. The number of nitrogens with one attached hydrogen (secondary N) is 1. The van der Waals surface area contributed by atoms with Crippen LogP contribution in [0.3, 0.4) is 0 Å². The van der Waals surface area contributed by atoms with Gasteiger partial charge in [0.2, 0.25) is 5.82 Å². The van der Waals surface area contributed by atoms with Crippen LogP contribution in [0.5, 0.6) is 5.88 Å². The molecule has 0 spiro atoms. The van der Waals surface area contributed by atoms with Gasteiger partial charge in [-0.3, -0.25) is 10.1 Å². The molecule has 0 aromatic carbocycles. The maximum absolute atomic E-state index is 10.9. The average molecular weight is 238 g/mol. The Morgan fingerprint density at radius 2 is 2.35 bits per heavy atom. The Morgan fingerprint density at radius 1 is 1.59 bits per heavy atom. The Hall–Kier alpha value is -1.92. The lowest BCUT2D eigenvalue weighted by Gasteiger charge is -2.06. The molecule has 0 amide bonds. The minimum atomic E-state index is -0.529. The van der Waals surface area contributed by atoms with Gasteiger partial charge < -0.3 is 10.1 Å². The number of hydrogen-bond donors (Lipinski definition) is 1. The number of methoxy groups -OCH3 is 1. The zero-order valence-corrected chi connectivity index (χ0v) is 9.55. The minimum absolute atomic E-state index is 0.0149. The van der Waals surface area contributed by atoms with Gasteiger partial charge in [-0.25, -0.2) is 4.98 Å². The molecule has 1 N–H and O–H groups in total. The van der Waals surface area contributed by atoms with E-state index in [4.69, 9.17) is 4.74 Å². The maximum Gasteiger partial charge on any atom is 0.372 e. The number of rotatable bonds is 6. The molecule has 7 heteroatoms. The van der Waals surface area contributed by atoms with E-state index in [0.29, 0.717) is 6.54 Å². The van der Waals surface area contributed by atoms with Gasteiger partial charge in [-0.05, 0) is 12.3 Å². The van der Waals surface area contributed by atoms with Crippen molar-refractivity contribution >= 4 is 11.5 Å². The molecule has 17 heavy (non-hydrogen) atoms. The van der Waals surface area contributed by atoms with Crippen LogP contribution in [0.15, 0.2) is 6.33 Å². The van der Waals surface area contributed by atoms with Crippen LogP contribution in [0.2, 0.25) is 0 Å². The second-order valence-electron chi connectivity index (χ2n) is 4.00. The molecule has 1 aliphatic carbocycles. The van der Waals surface area contributed by atoms with Gasteiger partial charge in [-0.1, -0.05) is 12.8 Å². The Kier molecular flexibility index (Phi) is 3.36. The summed E-state index contributed by atoms with van der Waals surface area (Å²) in [6.45, 7) is 0.686. The summed E-state index contributed by atoms with van der Waals surface area (Å²) in [4.78, 5) is 18.0. The summed E-state index contributed by atoms with van der Waals surface area (Å²) in [7, 11) is 1.35. The van der Waals surface area contributed by atoms with Gasteiger partial charge >= 0.3 is 5.69 Å². The molecular formula is C10H14N4O3.